The second-order valence-electron chi connectivity index (χ2n) is 6.15. The first-order valence-electron chi connectivity index (χ1n) is 5.59. The number of nitrogens with two attached hydrogens (primary N) is 1. The molecule has 8 atom stereocenters. The maximum Gasteiger partial charge on any atom is 0.0220 e. The maximum atomic E-state index is 6.58. The van der Waals surface area contributed by atoms with Crippen molar-refractivity contribution in [1.29, 1.82) is 0 Å². The molecule has 0 aliphatic heterocycles. The lowest BCUT2D eigenvalue weighted by atomic mass is 9.60. The van der Waals surface area contributed by atoms with Crippen LogP contribution in [0, 0.1) is 41.4 Å². The topological polar surface area (TPSA) is 26.0 Å². The third-order valence-corrected chi connectivity index (χ3v) is 6.48. The molecule has 0 spiro atoms. The first kappa shape index (κ1) is 5.64. The van der Waals surface area contributed by atoms with Gasteiger partial charge in [-0.2, -0.15) is 0 Å². The molecule has 0 aromatic heterocycles. The van der Waals surface area contributed by atoms with E-state index in [-0.39, 0.29) is 0 Å². The van der Waals surface area contributed by atoms with Crippen molar-refractivity contribution < 1.29 is 0 Å². The van der Waals surface area contributed by atoms with Gasteiger partial charge in [0.15, 0.2) is 0 Å². The van der Waals surface area contributed by atoms with Gasteiger partial charge < -0.3 is 5.73 Å². The van der Waals surface area contributed by atoms with Crippen LogP contribution in [0.1, 0.15) is 19.3 Å². The first-order chi connectivity index (χ1) is 5.81. The Bertz CT molecular complexity index is 285. The summed E-state index contributed by atoms with van der Waals surface area (Å²) in [5, 5.41) is 0. The molecule has 5 aliphatic rings. The molecule has 0 amide bonds. The van der Waals surface area contributed by atoms with Crippen LogP contribution in [0.2, 0.25) is 0 Å². The maximum absolute atomic E-state index is 6.58. The molecule has 64 valence electrons. The molecule has 0 aromatic carbocycles. The van der Waals surface area contributed by atoms with Crippen molar-refractivity contribution in [2.75, 3.05) is 0 Å². The summed E-state index contributed by atoms with van der Waals surface area (Å²) in [4.78, 5) is 0. The number of hydrogen-bond donors (Lipinski definition) is 1. The normalized spacial score (nSPS) is 85.2. The summed E-state index contributed by atoms with van der Waals surface area (Å²) in [7, 11) is 0. The summed E-state index contributed by atoms with van der Waals surface area (Å²) in [5.74, 6) is 7.65. The van der Waals surface area contributed by atoms with E-state index in [1.165, 1.54) is 25.2 Å². The Balaban J connectivity index is 1.89. The highest BCUT2D eigenvalue weighted by molar-refractivity contribution is 5.32. The van der Waals surface area contributed by atoms with Crippen LogP contribution >= 0.6 is 0 Å². The van der Waals surface area contributed by atoms with E-state index in [0.717, 1.165) is 35.5 Å². The van der Waals surface area contributed by atoms with Crippen molar-refractivity contribution >= 4 is 0 Å². The van der Waals surface area contributed by atoms with Gasteiger partial charge in [-0.05, 0) is 60.7 Å². The lowest BCUT2D eigenvalue weighted by molar-refractivity contribution is 0.0249. The van der Waals surface area contributed by atoms with Gasteiger partial charge in [-0.1, -0.05) is 0 Å². The summed E-state index contributed by atoms with van der Waals surface area (Å²) < 4.78 is 0. The third-order valence-electron chi connectivity index (χ3n) is 6.48. The van der Waals surface area contributed by atoms with Crippen LogP contribution in [0.4, 0.5) is 0 Å². The molecule has 1 heteroatoms. The van der Waals surface area contributed by atoms with E-state index in [9.17, 15) is 0 Å². The molecule has 12 heavy (non-hydrogen) atoms. The van der Waals surface area contributed by atoms with Crippen LogP contribution in [-0.2, 0) is 0 Å². The average Bonchev–Trinajstić information content (AvgIpc) is 2.51. The second-order valence-corrected chi connectivity index (χ2v) is 6.15. The Morgan fingerprint density at radius 2 is 1.75 bits per heavy atom. The largest absolute Gasteiger partial charge is 0.325 e. The minimum Gasteiger partial charge on any atom is -0.325 e. The fourth-order valence-electron chi connectivity index (χ4n) is 6.47. The van der Waals surface area contributed by atoms with E-state index < -0.39 is 0 Å². The van der Waals surface area contributed by atoms with Crippen LogP contribution in [0.15, 0.2) is 0 Å². The highest BCUT2D eigenvalue weighted by Crippen LogP contribution is 2.83. The Kier molecular flexibility index (Phi) is 0.569. The molecule has 5 saturated carbocycles. The summed E-state index contributed by atoms with van der Waals surface area (Å²) in [6, 6.07) is 0. The molecule has 0 heterocycles. The van der Waals surface area contributed by atoms with Gasteiger partial charge in [-0.3, -0.25) is 0 Å². The molecule has 0 radical (unpaired) electrons. The van der Waals surface area contributed by atoms with Gasteiger partial charge in [0.05, 0.1) is 0 Å². The second kappa shape index (κ2) is 1.21. The predicted octanol–water partition coefficient (Wildman–Crippen LogP) is 1.24. The van der Waals surface area contributed by atoms with Crippen LogP contribution < -0.4 is 5.73 Å². The fraction of sp³-hybridized carbons (Fsp3) is 1.00. The minimum atomic E-state index is 0.365. The Morgan fingerprint density at radius 1 is 0.917 bits per heavy atom. The molecule has 0 aromatic rings. The van der Waals surface area contributed by atoms with Crippen molar-refractivity contribution in [2.45, 2.75) is 24.8 Å². The smallest absolute Gasteiger partial charge is 0.0220 e. The van der Waals surface area contributed by atoms with Gasteiger partial charge in [0.1, 0.15) is 0 Å². The molecule has 5 rings (SSSR count). The summed E-state index contributed by atoms with van der Waals surface area (Å²) in [5.41, 5.74) is 6.95. The van der Waals surface area contributed by atoms with E-state index in [1.54, 1.807) is 0 Å². The van der Waals surface area contributed by atoms with Gasteiger partial charge >= 0.3 is 0 Å². The molecule has 1 nitrogen and oxygen atoms in total. The van der Waals surface area contributed by atoms with Crippen molar-refractivity contribution in [3.63, 3.8) is 0 Å². The average molecular weight is 161 g/mol. The number of fused-ring (bicyclic) bond motifs is 2. The van der Waals surface area contributed by atoms with Crippen LogP contribution in [0.5, 0.6) is 0 Å². The monoisotopic (exact) mass is 161 g/mol. The zero-order chi connectivity index (χ0) is 7.66. The first-order valence-corrected chi connectivity index (χ1v) is 5.59. The zero-order valence-corrected chi connectivity index (χ0v) is 7.24. The van der Waals surface area contributed by atoms with Crippen LogP contribution in [-0.4, -0.2) is 5.54 Å². The third kappa shape index (κ3) is 0.285. The fourth-order valence-corrected chi connectivity index (χ4v) is 6.47. The molecule has 5 aliphatic carbocycles. The van der Waals surface area contributed by atoms with Crippen molar-refractivity contribution in [3.8, 4) is 0 Å². The number of hydrogen-bond acceptors (Lipinski definition) is 1. The van der Waals surface area contributed by atoms with E-state index in [0.29, 0.717) is 5.54 Å². The van der Waals surface area contributed by atoms with Crippen molar-refractivity contribution in [1.82, 2.24) is 0 Å². The van der Waals surface area contributed by atoms with E-state index in [4.69, 9.17) is 5.73 Å². The Hall–Kier alpha value is -0.0400. The van der Waals surface area contributed by atoms with Crippen LogP contribution in [0.25, 0.3) is 0 Å². The van der Waals surface area contributed by atoms with Gasteiger partial charge in [0, 0.05) is 5.54 Å². The molecule has 2 bridgehead atoms. The van der Waals surface area contributed by atoms with Gasteiger partial charge in [0.25, 0.3) is 0 Å². The quantitative estimate of drug-likeness (QED) is 0.568. The van der Waals surface area contributed by atoms with E-state index in [1.807, 2.05) is 0 Å². The SMILES string of the molecule is NC12CC3C4CC1C1CC2C3C41. The van der Waals surface area contributed by atoms with Crippen molar-refractivity contribution in [2.24, 2.45) is 47.2 Å². The molecule has 8 unspecified atom stereocenters. The molecule has 0 saturated heterocycles. The highest BCUT2D eigenvalue weighted by Gasteiger charge is 2.81. The van der Waals surface area contributed by atoms with E-state index >= 15 is 0 Å². The highest BCUT2D eigenvalue weighted by atomic mass is 15.0. The van der Waals surface area contributed by atoms with Gasteiger partial charge in [-0.25, -0.2) is 0 Å². The Morgan fingerprint density at radius 3 is 2.67 bits per heavy atom. The van der Waals surface area contributed by atoms with Gasteiger partial charge in [-0.15, -0.1) is 0 Å². The standard InChI is InChI=1S/C11H15N/c12-11-3-6-4-1-7(11)5-2-8(11)10(6)9(4)5/h4-10H,1-3,12H2. The van der Waals surface area contributed by atoms with E-state index in [2.05, 4.69) is 0 Å². The minimum absolute atomic E-state index is 0.365. The molecule has 5 fully saturated rings. The van der Waals surface area contributed by atoms with Crippen LogP contribution in [0.3, 0.4) is 0 Å². The summed E-state index contributed by atoms with van der Waals surface area (Å²) in [6.07, 6.45) is 4.48. The Labute approximate surface area is 72.7 Å². The lowest BCUT2D eigenvalue weighted by Crippen LogP contribution is -2.48. The molecule has 2 N–H and O–H groups in total. The number of rotatable bonds is 0. The van der Waals surface area contributed by atoms with Crippen molar-refractivity contribution in [3.05, 3.63) is 0 Å². The van der Waals surface area contributed by atoms with Gasteiger partial charge in [0.2, 0.25) is 0 Å². The summed E-state index contributed by atoms with van der Waals surface area (Å²) >= 11 is 0. The molecular formula is C11H15N. The zero-order valence-electron chi connectivity index (χ0n) is 7.24. The lowest BCUT2D eigenvalue weighted by Gasteiger charge is -2.45. The summed E-state index contributed by atoms with van der Waals surface area (Å²) in [6.45, 7) is 0. The predicted molar refractivity (Wildman–Crippen MR) is 45.2 cm³/mol. The molecular weight excluding hydrogens is 146 g/mol.